The van der Waals surface area contributed by atoms with E-state index in [-0.39, 0.29) is 59.0 Å². The summed E-state index contributed by atoms with van der Waals surface area (Å²) in [5.41, 5.74) is 3.85. The standard InChI is InChI=1S/C27H24N2O4S.Na/c1-16(2)33-21-11-8-19(9-12-21)26(30)22(14-18-6-4-17(3)5-7-18)25(27(31)32)20-10-13-23-24(15-20)29-34-28-23;/h4-13,15-16H,14H2,1-3H3,(H,31,32);/q;+1/p-1. The number of fused-ring (bicyclic) bond motifs is 1. The first-order chi connectivity index (χ1) is 16.3. The number of ketones is 1. The van der Waals surface area contributed by atoms with Crippen molar-refractivity contribution in [2.24, 2.45) is 0 Å². The zero-order chi connectivity index (χ0) is 24.2. The molecule has 0 atom stereocenters. The van der Waals surface area contributed by atoms with Crippen LogP contribution in [0.15, 0.2) is 72.3 Å². The van der Waals surface area contributed by atoms with Gasteiger partial charge in [0.1, 0.15) is 16.8 Å². The van der Waals surface area contributed by atoms with Crippen LogP contribution in [0, 0.1) is 6.92 Å². The van der Waals surface area contributed by atoms with Gasteiger partial charge >= 0.3 is 29.6 Å². The maximum atomic E-state index is 13.7. The van der Waals surface area contributed by atoms with Crippen molar-refractivity contribution in [2.45, 2.75) is 33.3 Å². The van der Waals surface area contributed by atoms with Gasteiger partial charge in [-0.2, -0.15) is 8.75 Å². The molecule has 172 valence electrons. The molecule has 1 heterocycles. The summed E-state index contributed by atoms with van der Waals surface area (Å²) in [4.78, 5) is 26.1. The molecule has 0 aliphatic rings. The molecule has 0 radical (unpaired) electrons. The molecule has 0 N–H and O–H groups in total. The fourth-order valence-electron chi connectivity index (χ4n) is 3.68. The van der Waals surface area contributed by atoms with Gasteiger partial charge in [0.25, 0.3) is 0 Å². The Kier molecular flexibility index (Phi) is 8.97. The minimum absolute atomic E-state index is 0. The first kappa shape index (κ1) is 26.8. The zero-order valence-corrected chi connectivity index (χ0v) is 22.9. The molecule has 4 rings (SSSR count). The van der Waals surface area contributed by atoms with Crippen LogP contribution in [0.25, 0.3) is 16.6 Å². The molecule has 35 heavy (non-hydrogen) atoms. The summed E-state index contributed by atoms with van der Waals surface area (Å²) in [7, 11) is 0. The Morgan fingerprint density at radius 1 is 0.914 bits per heavy atom. The number of nitrogens with zero attached hydrogens (tertiary/aromatic N) is 2. The van der Waals surface area contributed by atoms with Crippen molar-refractivity contribution in [3.05, 3.63) is 94.6 Å². The van der Waals surface area contributed by atoms with E-state index in [4.69, 9.17) is 4.74 Å². The van der Waals surface area contributed by atoms with E-state index < -0.39 is 5.97 Å². The van der Waals surface area contributed by atoms with Gasteiger partial charge in [-0.05, 0) is 68.3 Å². The monoisotopic (exact) mass is 494 g/mol. The zero-order valence-electron chi connectivity index (χ0n) is 20.1. The predicted molar refractivity (Wildman–Crippen MR) is 131 cm³/mol. The first-order valence-electron chi connectivity index (χ1n) is 10.9. The number of carboxylic acid groups (broad SMARTS) is 1. The SMILES string of the molecule is Cc1ccc(CC(C(=O)c2ccc(OC(C)C)cc2)=C(C(=O)[O-])c2ccc3nsnc3c2)cc1.[Na+]. The molecule has 0 aliphatic carbocycles. The van der Waals surface area contributed by atoms with Gasteiger partial charge in [0.05, 0.1) is 23.8 Å². The number of carboxylic acids is 1. The Labute approximate surface area is 230 Å². The Hall–Kier alpha value is -2.84. The Balaban J connectivity index is 0.00000342. The number of hydrogen-bond donors (Lipinski definition) is 0. The molecule has 6 nitrogen and oxygen atoms in total. The molecule has 0 spiro atoms. The van der Waals surface area contributed by atoms with Gasteiger partial charge in [-0.1, -0.05) is 35.9 Å². The van der Waals surface area contributed by atoms with E-state index in [9.17, 15) is 14.7 Å². The van der Waals surface area contributed by atoms with Crippen molar-refractivity contribution >= 4 is 40.1 Å². The van der Waals surface area contributed by atoms with E-state index >= 15 is 0 Å². The van der Waals surface area contributed by atoms with Crippen molar-refractivity contribution in [3.63, 3.8) is 0 Å². The molecule has 3 aromatic carbocycles. The molecule has 0 saturated carbocycles. The molecular weight excluding hydrogens is 471 g/mol. The van der Waals surface area contributed by atoms with Gasteiger partial charge in [0.2, 0.25) is 0 Å². The van der Waals surface area contributed by atoms with E-state index in [1.54, 1.807) is 42.5 Å². The van der Waals surface area contributed by atoms with Gasteiger partial charge in [0, 0.05) is 23.1 Å². The third kappa shape index (κ3) is 6.44. The van der Waals surface area contributed by atoms with Gasteiger partial charge in [-0.3, -0.25) is 4.79 Å². The average molecular weight is 495 g/mol. The topological polar surface area (TPSA) is 92.2 Å². The van der Waals surface area contributed by atoms with Crippen LogP contribution < -0.4 is 39.4 Å². The molecule has 0 aliphatic heterocycles. The van der Waals surface area contributed by atoms with E-state index in [0.29, 0.717) is 27.9 Å². The number of carbonyl (C=O) groups excluding carboxylic acids is 2. The Bertz CT molecular complexity index is 1380. The fourth-order valence-corrected chi connectivity index (χ4v) is 4.19. The average Bonchev–Trinajstić information content (AvgIpc) is 3.27. The number of allylic oxidation sites excluding steroid dienone is 1. The van der Waals surface area contributed by atoms with E-state index in [0.717, 1.165) is 22.9 Å². The van der Waals surface area contributed by atoms with Crippen LogP contribution in [0.1, 0.15) is 40.9 Å². The summed E-state index contributed by atoms with van der Waals surface area (Å²) < 4.78 is 14.0. The van der Waals surface area contributed by atoms with Gasteiger partial charge in [-0.25, -0.2) is 0 Å². The maximum Gasteiger partial charge on any atom is 1.00 e. The second-order valence-corrected chi connectivity index (χ2v) is 8.82. The summed E-state index contributed by atoms with van der Waals surface area (Å²) in [6.45, 7) is 5.81. The van der Waals surface area contributed by atoms with Crippen LogP contribution in [0.5, 0.6) is 5.75 Å². The summed E-state index contributed by atoms with van der Waals surface area (Å²) in [6.07, 6.45) is 0.137. The molecule has 1 aromatic heterocycles. The van der Waals surface area contributed by atoms with Gasteiger partial charge in [0.15, 0.2) is 5.78 Å². The van der Waals surface area contributed by atoms with E-state index in [1.807, 2.05) is 45.0 Å². The largest absolute Gasteiger partial charge is 1.00 e. The van der Waals surface area contributed by atoms with Crippen LogP contribution in [0.3, 0.4) is 0 Å². The molecule has 8 heteroatoms. The number of rotatable bonds is 8. The van der Waals surface area contributed by atoms with Crippen LogP contribution in [-0.4, -0.2) is 26.6 Å². The quantitative estimate of drug-likeness (QED) is 0.209. The van der Waals surface area contributed by atoms with Crippen LogP contribution in [0.2, 0.25) is 0 Å². The number of aromatic nitrogens is 2. The molecule has 4 aromatic rings. The number of aliphatic carboxylic acids is 1. The number of benzene rings is 3. The van der Waals surface area contributed by atoms with Crippen LogP contribution in [0.4, 0.5) is 0 Å². The second-order valence-electron chi connectivity index (χ2n) is 8.29. The minimum Gasteiger partial charge on any atom is -0.545 e. The smallest absolute Gasteiger partial charge is 0.545 e. The van der Waals surface area contributed by atoms with Gasteiger partial charge in [-0.15, -0.1) is 0 Å². The molecule has 0 amide bonds. The molecule has 0 unspecified atom stereocenters. The Morgan fingerprint density at radius 2 is 1.54 bits per heavy atom. The van der Waals surface area contributed by atoms with Crippen molar-refractivity contribution in [2.75, 3.05) is 0 Å². The molecule has 0 fully saturated rings. The van der Waals surface area contributed by atoms with Crippen LogP contribution in [-0.2, 0) is 11.2 Å². The van der Waals surface area contributed by atoms with E-state index in [1.165, 1.54) is 0 Å². The first-order valence-corrected chi connectivity index (χ1v) is 11.6. The Morgan fingerprint density at radius 3 is 2.17 bits per heavy atom. The van der Waals surface area contributed by atoms with Gasteiger partial charge < -0.3 is 14.6 Å². The summed E-state index contributed by atoms with van der Waals surface area (Å²) in [5, 5.41) is 12.4. The number of ether oxygens (including phenoxy) is 1. The predicted octanol–water partition coefficient (Wildman–Crippen LogP) is 1.42. The third-order valence-electron chi connectivity index (χ3n) is 5.31. The minimum atomic E-state index is -1.42. The molecular formula is C27H23N2NaO4S. The molecule has 0 saturated heterocycles. The maximum absolute atomic E-state index is 13.7. The number of aryl methyl sites for hydroxylation is 1. The fraction of sp³-hybridized carbons (Fsp3) is 0.185. The number of carbonyl (C=O) groups is 2. The molecule has 0 bridgehead atoms. The second kappa shape index (κ2) is 11.7. The number of Topliss-reactive ketones (excluding diaryl/α,β-unsaturated/α-hetero) is 1. The van der Waals surface area contributed by atoms with Crippen molar-refractivity contribution < 1.29 is 49.0 Å². The summed E-state index contributed by atoms with van der Waals surface area (Å²) >= 11 is 1.04. The van der Waals surface area contributed by atoms with Crippen molar-refractivity contribution in [1.82, 2.24) is 8.75 Å². The normalized spacial score (nSPS) is 11.7. The van der Waals surface area contributed by atoms with Crippen molar-refractivity contribution in [3.8, 4) is 5.75 Å². The summed E-state index contributed by atoms with van der Waals surface area (Å²) in [6, 6.07) is 19.3. The van der Waals surface area contributed by atoms with Crippen LogP contribution >= 0.6 is 11.7 Å². The van der Waals surface area contributed by atoms with E-state index in [2.05, 4.69) is 8.75 Å². The van der Waals surface area contributed by atoms with Crippen molar-refractivity contribution in [1.29, 1.82) is 0 Å². The third-order valence-corrected chi connectivity index (χ3v) is 5.87. The summed E-state index contributed by atoms with van der Waals surface area (Å²) in [5.74, 6) is -1.16. The number of hydrogen-bond acceptors (Lipinski definition) is 7.